The van der Waals surface area contributed by atoms with Crippen molar-refractivity contribution in [3.63, 3.8) is 0 Å². The predicted molar refractivity (Wildman–Crippen MR) is 82.3 cm³/mol. The molecule has 0 unspecified atom stereocenters. The Labute approximate surface area is 126 Å². The van der Waals surface area contributed by atoms with E-state index in [0.717, 1.165) is 15.9 Å². The molecule has 0 fully saturated rings. The average Bonchev–Trinajstić information content (AvgIpc) is 2.41. The van der Waals surface area contributed by atoms with Crippen molar-refractivity contribution < 1.29 is 9.90 Å². The van der Waals surface area contributed by atoms with Gasteiger partial charge in [0.1, 0.15) is 0 Å². The number of carbonyl (C=O) groups is 1. The summed E-state index contributed by atoms with van der Waals surface area (Å²) in [5.74, 6) is -0.928. The van der Waals surface area contributed by atoms with Crippen molar-refractivity contribution in [1.29, 1.82) is 0 Å². The van der Waals surface area contributed by atoms with E-state index in [1.54, 1.807) is 6.07 Å². The number of nitrogens with one attached hydrogen (secondary N) is 1. The number of aromatic carboxylic acids is 1. The van der Waals surface area contributed by atoms with Crippen molar-refractivity contribution in [1.82, 2.24) is 4.98 Å². The number of anilines is 1. The van der Waals surface area contributed by atoms with Crippen molar-refractivity contribution in [3.8, 4) is 0 Å². The highest BCUT2D eigenvalue weighted by Gasteiger charge is 2.04. The highest BCUT2D eigenvalue weighted by molar-refractivity contribution is 9.10. The molecule has 5 heteroatoms. The van der Waals surface area contributed by atoms with E-state index in [4.69, 9.17) is 5.11 Å². The summed E-state index contributed by atoms with van der Waals surface area (Å²) in [4.78, 5) is 15.0. The van der Waals surface area contributed by atoms with E-state index in [9.17, 15) is 4.79 Å². The molecule has 2 N–H and O–H groups in total. The van der Waals surface area contributed by atoms with Crippen LogP contribution in [0.5, 0.6) is 0 Å². The summed E-state index contributed by atoms with van der Waals surface area (Å²) >= 11 is 3.51. The van der Waals surface area contributed by atoms with Crippen molar-refractivity contribution in [2.75, 3.05) is 11.9 Å². The fourth-order valence-corrected chi connectivity index (χ4v) is 2.47. The van der Waals surface area contributed by atoms with Gasteiger partial charge in [-0.05, 0) is 52.7 Å². The molecule has 2 aromatic rings. The Kier molecular flexibility index (Phi) is 4.74. The minimum absolute atomic E-state index is 0.270. The molecule has 4 nitrogen and oxygen atoms in total. The summed E-state index contributed by atoms with van der Waals surface area (Å²) < 4.78 is 1.02. The number of carboxylic acid groups (broad SMARTS) is 1. The topological polar surface area (TPSA) is 62.2 Å². The smallest absolute Gasteiger partial charge is 0.335 e. The summed E-state index contributed by atoms with van der Waals surface area (Å²) in [5.41, 5.74) is 3.25. The molecule has 20 heavy (non-hydrogen) atoms. The van der Waals surface area contributed by atoms with Crippen LogP contribution in [-0.4, -0.2) is 22.6 Å². The normalized spacial score (nSPS) is 10.3. The molecule has 104 valence electrons. The average molecular weight is 335 g/mol. The third-order valence-corrected chi connectivity index (χ3v) is 3.54. The molecule has 1 heterocycles. The van der Waals surface area contributed by atoms with Crippen molar-refractivity contribution in [2.45, 2.75) is 13.3 Å². The Bertz CT molecular complexity index is 629. The maximum atomic E-state index is 10.9. The highest BCUT2D eigenvalue weighted by atomic mass is 79.9. The van der Waals surface area contributed by atoms with Crippen molar-refractivity contribution >= 4 is 27.6 Å². The largest absolute Gasteiger partial charge is 0.478 e. The lowest BCUT2D eigenvalue weighted by atomic mass is 10.2. The van der Waals surface area contributed by atoms with Gasteiger partial charge in [-0.2, -0.15) is 0 Å². The van der Waals surface area contributed by atoms with Crippen LogP contribution < -0.4 is 5.32 Å². The lowest BCUT2D eigenvalue weighted by molar-refractivity contribution is 0.0696. The second-order valence-electron chi connectivity index (χ2n) is 4.50. The molecule has 0 aliphatic rings. The van der Waals surface area contributed by atoms with E-state index in [0.29, 0.717) is 13.0 Å². The fraction of sp³-hybridized carbons (Fsp3) is 0.200. The Morgan fingerprint density at radius 1 is 1.35 bits per heavy atom. The van der Waals surface area contributed by atoms with Crippen LogP contribution in [0.2, 0.25) is 0 Å². The lowest BCUT2D eigenvalue weighted by Gasteiger charge is -2.09. The molecule has 1 aromatic carbocycles. The second kappa shape index (κ2) is 6.52. The number of nitrogens with zero attached hydrogens (tertiary/aromatic N) is 1. The number of pyridine rings is 1. The van der Waals surface area contributed by atoms with Gasteiger partial charge < -0.3 is 10.4 Å². The van der Waals surface area contributed by atoms with Crippen molar-refractivity contribution in [3.05, 3.63) is 57.8 Å². The molecule has 0 bridgehead atoms. The Morgan fingerprint density at radius 2 is 2.15 bits per heavy atom. The molecule has 0 atom stereocenters. The zero-order valence-corrected chi connectivity index (χ0v) is 12.6. The van der Waals surface area contributed by atoms with Gasteiger partial charge in [-0.3, -0.25) is 4.98 Å². The number of hydrogen-bond acceptors (Lipinski definition) is 3. The fourth-order valence-electron chi connectivity index (χ4n) is 1.84. The molecule has 1 aromatic heterocycles. The Morgan fingerprint density at radius 3 is 2.85 bits per heavy atom. The first-order valence-electron chi connectivity index (χ1n) is 6.24. The summed E-state index contributed by atoms with van der Waals surface area (Å²) in [6, 6.07) is 9.20. The van der Waals surface area contributed by atoms with Gasteiger partial charge in [0.25, 0.3) is 0 Å². The maximum Gasteiger partial charge on any atom is 0.335 e. The van der Waals surface area contributed by atoms with Crippen LogP contribution in [0, 0.1) is 6.92 Å². The van der Waals surface area contributed by atoms with Crippen LogP contribution in [0.15, 0.2) is 41.0 Å². The van der Waals surface area contributed by atoms with Crippen LogP contribution in [-0.2, 0) is 6.42 Å². The van der Waals surface area contributed by atoms with E-state index in [1.807, 2.05) is 25.1 Å². The van der Waals surface area contributed by atoms with E-state index in [2.05, 4.69) is 26.2 Å². The predicted octanol–water partition coefficient (Wildman–Crippen LogP) is 3.51. The van der Waals surface area contributed by atoms with Crippen molar-refractivity contribution in [2.24, 2.45) is 0 Å². The van der Waals surface area contributed by atoms with E-state index >= 15 is 0 Å². The quantitative estimate of drug-likeness (QED) is 0.878. The number of carboxylic acids is 1. The monoisotopic (exact) mass is 334 g/mol. The zero-order valence-electron chi connectivity index (χ0n) is 11.1. The van der Waals surface area contributed by atoms with E-state index < -0.39 is 5.97 Å². The molecule has 0 amide bonds. The van der Waals surface area contributed by atoms with Crippen LogP contribution in [0.1, 0.15) is 21.6 Å². The van der Waals surface area contributed by atoms with Crippen LogP contribution >= 0.6 is 15.9 Å². The first-order valence-corrected chi connectivity index (χ1v) is 7.04. The lowest BCUT2D eigenvalue weighted by Crippen LogP contribution is -2.07. The third kappa shape index (κ3) is 3.81. The van der Waals surface area contributed by atoms with Gasteiger partial charge in [-0.15, -0.1) is 0 Å². The maximum absolute atomic E-state index is 10.9. The van der Waals surface area contributed by atoms with E-state index in [-0.39, 0.29) is 5.56 Å². The molecular formula is C15H15BrN2O2. The number of benzene rings is 1. The van der Waals surface area contributed by atoms with Crippen LogP contribution in [0.3, 0.4) is 0 Å². The summed E-state index contributed by atoms with van der Waals surface area (Å²) in [7, 11) is 0. The Balaban J connectivity index is 1.96. The minimum atomic E-state index is -0.928. The minimum Gasteiger partial charge on any atom is -0.478 e. The third-order valence-electron chi connectivity index (χ3n) is 2.88. The second-order valence-corrected chi connectivity index (χ2v) is 5.36. The standard InChI is InChI=1S/C15H15BrN2O2/c1-10-2-3-14(13(16)8-10)18-7-5-12-9-11(15(19)20)4-6-17-12/h2-4,6,8-9,18H,5,7H2,1H3,(H,19,20). The number of rotatable bonds is 5. The Hall–Kier alpha value is -1.88. The molecule has 0 aliphatic heterocycles. The molecule has 0 aliphatic carbocycles. The van der Waals surface area contributed by atoms with Gasteiger partial charge in [0.2, 0.25) is 0 Å². The van der Waals surface area contributed by atoms with Gasteiger partial charge >= 0.3 is 5.97 Å². The molecule has 0 saturated carbocycles. The molecule has 2 rings (SSSR count). The van der Waals surface area contributed by atoms with Gasteiger partial charge in [-0.1, -0.05) is 6.07 Å². The van der Waals surface area contributed by atoms with Gasteiger partial charge in [0.15, 0.2) is 0 Å². The van der Waals surface area contributed by atoms with Gasteiger partial charge in [0.05, 0.1) is 5.56 Å². The molecular weight excluding hydrogens is 320 g/mol. The summed E-state index contributed by atoms with van der Waals surface area (Å²) in [6.07, 6.45) is 2.20. The molecule has 0 saturated heterocycles. The number of aromatic nitrogens is 1. The SMILES string of the molecule is Cc1ccc(NCCc2cc(C(=O)O)ccn2)c(Br)c1. The number of aryl methyl sites for hydroxylation is 1. The first kappa shape index (κ1) is 14.5. The van der Waals surface area contributed by atoms with Gasteiger partial charge in [0, 0.05) is 35.0 Å². The number of halogens is 1. The zero-order chi connectivity index (χ0) is 14.5. The highest BCUT2D eigenvalue weighted by Crippen LogP contribution is 2.23. The summed E-state index contributed by atoms with van der Waals surface area (Å²) in [5, 5.41) is 12.2. The van der Waals surface area contributed by atoms with E-state index in [1.165, 1.54) is 17.8 Å². The van der Waals surface area contributed by atoms with Gasteiger partial charge in [-0.25, -0.2) is 4.79 Å². The number of hydrogen-bond donors (Lipinski definition) is 2. The molecule has 0 spiro atoms. The molecule has 0 radical (unpaired) electrons. The first-order chi connectivity index (χ1) is 9.56. The van der Waals surface area contributed by atoms with Crippen LogP contribution in [0.4, 0.5) is 5.69 Å². The van der Waals surface area contributed by atoms with Crippen LogP contribution in [0.25, 0.3) is 0 Å². The summed E-state index contributed by atoms with van der Waals surface area (Å²) in [6.45, 7) is 2.73.